The van der Waals surface area contributed by atoms with Gasteiger partial charge >= 0.3 is 0 Å². The molecule has 2 aromatic carbocycles. The number of carbonyl (C=O) groups excluding carboxylic acids is 1. The minimum Gasteiger partial charge on any atom is -0.383 e. The van der Waals surface area contributed by atoms with Crippen LogP contribution >= 0.6 is 11.3 Å². The molecule has 0 unspecified atom stereocenters. The summed E-state index contributed by atoms with van der Waals surface area (Å²) in [5, 5.41) is 0. The number of methoxy groups -OCH3 is 1. The number of benzene rings is 2. The number of ether oxygens (including phenoxy) is 1. The Kier molecular flexibility index (Phi) is 5.36. The standard InChI is InChI=1S/C18H18N2O4S2/c1-24-11-10-20-15-8-3-4-9-16(15)25-18(20)19-17(21)13-6-5-7-14(12-13)26(2,22)23/h3-9,12H,10-11H2,1-2H3. The van der Waals surface area contributed by atoms with E-state index in [1.807, 2.05) is 28.8 Å². The first-order valence-corrected chi connectivity index (χ1v) is 10.6. The van der Waals surface area contributed by atoms with Crippen LogP contribution in [0.2, 0.25) is 0 Å². The Morgan fingerprint density at radius 2 is 1.96 bits per heavy atom. The summed E-state index contributed by atoms with van der Waals surface area (Å²) in [5.41, 5.74) is 1.22. The highest BCUT2D eigenvalue weighted by molar-refractivity contribution is 7.90. The van der Waals surface area contributed by atoms with Gasteiger partial charge in [-0.15, -0.1) is 0 Å². The molecule has 1 heterocycles. The van der Waals surface area contributed by atoms with Crippen LogP contribution in [0.3, 0.4) is 0 Å². The Morgan fingerprint density at radius 3 is 2.69 bits per heavy atom. The van der Waals surface area contributed by atoms with Gasteiger partial charge in [0.05, 0.1) is 21.7 Å². The summed E-state index contributed by atoms with van der Waals surface area (Å²) < 4.78 is 31.5. The SMILES string of the molecule is COCCn1c(=NC(=O)c2cccc(S(C)(=O)=O)c2)sc2ccccc21. The van der Waals surface area contributed by atoms with Gasteiger partial charge in [0.15, 0.2) is 14.6 Å². The van der Waals surface area contributed by atoms with E-state index in [2.05, 4.69) is 4.99 Å². The van der Waals surface area contributed by atoms with Gasteiger partial charge in [-0.3, -0.25) is 4.79 Å². The number of para-hydroxylation sites is 1. The van der Waals surface area contributed by atoms with Crippen LogP contribution in [-0.2, 0) is 21.1 Å². The molecule has 0 bridgehead atoms. The number of rotatable bonds is 5. The lowest BCUT2D eigenvalue weighted by Gasteiger charge is -2.04. The average molecular weight is 390 g/mol. The van der Waals surface area contributed by atoms with Crippen LogP contribution in [0.1, 0.15) is 10.4 Å². The molecule has 136 valence electrons. The van der Waals surface area contributed by atoms with Gasteiger partial charge in [-0.1, -0.05) is 29.5 Å². The maximum Gasteiger partial charge on any atom is 0.279 e. The summed E-state index contributed by atoms with van der Waals surface area (Å²) in [4.78, 5) is 17.5. The average Bonchev–Trinajstić information content (AvgIpc) is 2.96. The Hall–Kier alpha value is -2.29. The zero-order valence-corrected chi connectivity index (χ0v) is 16.0. The highest BCUT2D eigenvalue weighted by Gasteiger charge is 2.12. The lowest BCUT2D eigenvalue weighted by atomic mass is 10.2. The molecular weight excluding hydrogens is 372 g/mol. The molecule has 1 amide bonds. The topological polar surface area (TPSA) is 77.7 Å². The maximum absolute atomic E-state index is 12.6. The number of nitrogens with zero attached hydrogens (tertiary/aromatic N) is 2. The second kappa shape index (κ2) is 7.53. The number of sulfone groups is 1. The van der Waals surface area contributed by atoms with Crippen molar-refractivity contribution in [2.75, 3.05) is 20.0 Å². The van der Waals surface area contributed by atoms with E-state index in [-0.39, 0.29) is 10.5 Å². The molecule has 0 aliphatic heterocycles. The second-order valence-corrected chi connectivity index (χ2v) is 8.74. The molecule has 0 aliphatic rings. The highest BCUT2D eigenvalue weighted by atomic mass is 32.2. The maximum atomic E-state index is 12.6. The van der Waals surface area contributed by atoms with Crippen LogP contribution in [0.15, 0.2) is 58.4 Å². The van der Waals surface area contributed by atoms with Crippen LogP contribution in [0, 0.1) is 0 Å². The second-order valence-electron chi connectivity index (χ2n) is 5.71. The molecular formula is C18H18N2O4S2. The van der Waals surface area contributed by atoms with E-state index in [0.29, 0.717) is 18.0 Å². The van der Waals surface area contributed by atoms with E-state index in [4.69, 9.17) is 4.74 Å². The van der Waals surface area contributed by atoms with E-state index >= 15 is 0 Å². The Bertz CT molecular complexity index is 1130. The number of hydrogen-bond acceptors (Lipinski definition) is 5. The van der Waals surface area contributed by atoms with Crippen molar-refractivity contribution in [1.82, 2.24) is 4.57 Å². The van der Waals surface area contributed by atoms with Crippen molar-refractivity contribution in [1.29, 1.82) is 0 Å². The van der Waals surface area contributed by atoms with E-state index < -0.39 is 15.7 Å². The van der Waals surface area contributed by atoms with Crippen molar-refractivity contribution in [3.8, 4) is 0 Å². The van der Waals surface area contributed by atoms with Gasteiger partial charge in [0.2, 0.25) is 0 Å². The number of fused-ring (bicyclic) bond motifs is 1. The quantitative estimate of drug-likeness (QED) is 0.671. The van der Waals surface area contributed by atoms with Crippen LogP contribution in [0.4, 0.5) is 0 Å². The fourth-order valence-corrected chi connectivity index (χ4v) is 4.24. The summed E-state index contributed by atoms with van der Waals surface area (Å²) >= 11 is 1.41. The monoisotopic (exact) mass is 390 g/mol. The predicted molar refractivity (Wildman–Crippen MR) is 101 cm³/mol. The summed E-state index contributed by atoms with van der Waals surface area (Å²) in [5.74, 6) is -0.478. The number of hydrogen-bond donors (Lipinski definition) is 0. The molecule has 26 heavy (non-hydrogen) atoms. The third-order valence-corrected chi connectivity index (χ3v) is 5.98. The molecule has 0 aliphatic carbocycles. The molecule has 0 saturated heterocycles. The molecule has 8 heteroatoms. The smallest absolute Gasteiger partial charge is 0.279 e. The number of aromatic nitrogens is 1. The van der Waals surface area contributed by atoms with Crippen molar-refractivity contribution >= 4 is 37.3 Å². The summed E-state index contributed by atoms with van der Waals surface area (Å²) in [7, 11) is -1.77. The number of carbonyl (C=O) groups is 1. The van der Waals surface area contributed by atoms with E-state index in [0.717, 1.165) is 16.5 Å². The van der Waals surface area contributed by atoms with Gasteiger partial charge in [0.25, 0.3) is 5.91 Å². The van der Waals surface area contributed by atoms with Gasteiger partial charge in [0, 0.05) is 25.5 Å². The minimum absolute atomic E-state index is 0.0992. The molecule has 1 aromatic heterocycles. The van der Waals surface area contributed by atoms with Crippen LogP contribution in [0.25, 0.3) is 10.2 Å². The lowest BCUT2D eigenvalue weighted by molar-refractivity contribution is 0.0997. The van der Waals surface area contributed by atoms with Gasteiger partial charge in [-0.2, -0.15) is 4.99 Å². The fourth-order valence-electron chi connectivity index (χ4n) is 2.52. The number of thiazole rings is 1. The Labute approximate surface area is 155 Å². The van der Waals surface area contributed by atoms with Gasteiger partial charge in [-0.25, -0.2) is 8.42 Å². The largest absolute Gasteiger partial charge is 0.383 e. The molecule has 0 fully saturated rings. The first kappa shape index (κ1) is 18.5. The van der Waals surface area contributed by atoms with Gasteiger partial charge < -0.3 is 9.30 Å². The normalized spacial score (nSPS) is 12.6. The molecule has 0 spiro atoms. The zero-order chi connectivity index (χ0) is 18.7. The summed E-state index contributed by atoms with van der Waals surface area (Å²) in [6.07, 6.45) is 1.11. The molecule has 0 saturated carbocycles. The van der Waals surface area contributed by atoms with E-state index in [1.165, 1.54) is 23.5 Å². The van der Waals surface area contributed by atoms with Gasteiger partial charge in [0.1, 0.15) is 0 Å². The molecule has 0 atom stereocenters. The molecule has 3 aromatic rings. The predicted octanol–water partition coefficient (Wildman–Crippen LogP) is 2.49. The van der Waals surface area contributed by atoms with Crippen LogP contribution in [-0.4, -0.2) is 38.9 Å². The molecule has 3 rings (SSSR count). The minimum atomic E-state index is -3.39. The Balaban J connectivity index is 2.08. The lowest BCUT2D eigenvalue weighted by Crippen LogP contribution is -2.19. The number of amides is 1. The van der Waals surface area contributed by atoms with Crippen molar-refractivity contribution in [3.05, 3.63) is 58.9 Å². The van der Waals surface area contributed by atoms with Crippen LogP contribution in [0.5, 0.6) is 0 Å². The molecule has 6 nitrogen and oxygen atoms in total. The highest BCUT2D eigenvalue weighted by Crippen LogP contribution is 2.17. The fraction of sp³-hybridized carbons (Fsp3) is 0.222. The van der Waals surface area contributed by atoms with Crippen molar-refractivity contribution in [3.63, 3.8) is 0 Å². The van der Waals surface area contributed by atoms with Crippen molar-refractivity contribution in [2.45, 2.75) is 11.4 Å². The van der Waals surface area contributed by atoms with Crippen molar-refractivity contribution < 1.29 is 17.9 Å². The summed E-state index contributed by atoms with van der Waals surface area (Å²) in [6.45, 7) is 1.06. The van der Waals surface area contributed by atoms with Crippen LogP contribution < -0.4 is 4.80 Å². The van der Waals surface area contributed by atoms with Gasteiger partial charge in [-0.05, 0) is 30.3 Å². The third-order valence-electron chi connectivity index (χ3n) is 3.81. The van der Waals surface area contributed by atoms with E-state index in [9.17, 15) is 13.2 Å². The summed E-state index contributed by atoms with van der Waals surface area (Å²) in [6, 6.07) is 13.7. The molecule has 0 radical (unpaired) electrons. The Morgan fingerprint density at radius 1 is 1.19 bits per heavy atom. The first-order valence-electron chi connectivity index (χ1n) is 7.86. The molecule has 0 N–H and O–H groups in total. The van der Waals surface area contributed by atoms with Crippen molar-refractivity contribution in [2.24, 2.45) is 4.99 Å². The first-order chi connectivity index (χ1) is 12.4. The van der Waals surface area contributed by atoms with E-state index in [1.54, 1.807) is 19.2 Å². The third kappa shape index (κ3) is 3.92. The zero-order valence-electron chi connectivity index (χ0n) is 14.4.